The van der Waals surface area contributed by atoms with Gasteiger partial charge in [0.1, 0.15) is 12.7 Å². The normalized spacial score (nSPS) is 11.7. The first-order chi connectivity index (χ1) is 11.9. The van der Waals surface area contributed by atoms with Gasteiger partial charge in [-0.15, -0.1) is 0 Å². The molecule has 2 N–H and O–H groups in total. The zero-order chi connectivity index (χ0) is 18.4. The Morgan fingerprint density at radius 2 is 1.92 bits per heavy atom. The van der Waals surface area contributed by atoms with Gasteiger partial charge >= 0.3 is 12.1 Å². The fraction of sp³-hybridized carbons (Fsp3) is 0.250. The average Bonchev–Trinajstić information content (AvgIpc) is 3.02. The Labute approximate surface area is 141 Å². The number of halogens is 1. The number of benzene rings is 1. The van der Waals surface area contributed by atoms with Gasteiger partial charge in [-0.2, -0.15) is 0 Å². The Hall–Kier alpha value is -3.23. The highest BCUT2D eigenvalue weighted by molar-refractivity contribution is 5.94. The maximum atomic E-state index is 12.4. The zero-order valence-corrected chi connectivity index (χ0v) is 13.0. The Bertz CT molecular complexity index is 816. The number of nitrogens with zero attached hydrogens (tertiary/aromatic N) is 1. The molecule has 0 aliphatic heterocycles. The number of alkyl halides is 1. The van der Waals surface area contributed by atoms with E-state index in [-0.39, 0.29) is 0 Å². The lowest BCUT2D eigenvalue weighted by molar-refractivity contribution is -0.140. The lowest BCUT2D eigenvalue weighted by atomic mass is 10.1. The van der Waals surface area contributed by atoms with Gasteiger partial charge in [0.25, 0.3) is 5.91 Å². The monoisotopic (exact) mass is 350 g/mol. The van der Waals surface area contributed by atoms with Gasteiger partial charge < -0.3 is 15.2 Å². The molecule has 0 bridgehead atoms. The van der Waals surface area contributed by atoms with Crippen molar-refractivity contribution in [3.05, 3.63) is 36.5 Å². The topological polar surface area (TPSA) is 115 Å². The lowest BCUT2D eigenvalue weighted by Crippen LogP contribution is -2.44. The number of para-hydroxylation sites is 1. The van der Waals surface area contributed by atoms with Crippen LogP contribution in [0.4, 0.5) is 9.18 Å². The van der Waals surface area contributed by atoms with Crippen LogP contribution >= 0.6 is 0 Å². The quantitative estimate of drug-likeness (QED) is 0.773. The van der Waals surface area contributed by atoms with Crippen molar-refractivity contribution in [1.29, 1.82) is 0 Å². The molecule has 1 amide bonds. The summed E-state index contributed by atoms with van der Waals surface area (Å²) in [4.78, 5) is 45.7. The first-order valence-corrected chi connectivity index (χ1v) is 7.25. The van der Waals surface area contributed by atoms with Crippen LogP contribution in [-0.4, -0.2) is 52.7 Å². The summed E-state index contributed by atoms with van der Waals surface area (Å²) < 4.78 is 18.4. The van der Waals surface area contributed by atoms with Crippen LogP contribution in [0.3, 0.4) is 0 Å². The van der Waals surface area contributed by atoms with Crippen molar-refractivity contribution in [2.24, 2.45) is 0 Å². The summed E-state index contributed by atoms with van der Waals surface area (Å²) in [5.74, 6) is -3.35. The molecule has 0 saturated carbocycles. The van der Waals surface area contributed by atoms with Gasteiger partial charge in [0.15, 0.2) is 12.4 Å². The Kier molecular flexibility index (Phi) is 5.83. The molecule has 8 nitrogen and oxygen atoms in total. The van der Waals surface area contributed by atoms with E-state index < -0.39 is 49.5 Å². The van der Waals surface area contributed by atoms with Crippen LogP contribution in [0.5, 0.6) is 0 Å². The fourth-order valence-electron chi connectivity index (χ4n) is 2.19. The smallest absolute Gasteiger partial charge is 0.418 e. The van der Waals surface area contributed by atoms with Gasteiger partial charge in [-0.05, 0) is 12.1 Å². The molecule has 1 aromatic carbocycles. The number of fused-ring (bicyclic) bond motifs is 1. The molecule has 1 unspecified atom stereocenters. The van der Waals surface area contributed by atoms with Crippen LogP contribution < -0.4 is 5.32 Å². The minimum atomic E-state index is -1.51. The molecule has 0 radical (unpaired) electrons. The highest BCUT2D eigenvalue weighted by Gasteiger charge is 2.24. The first kappa shape index (κ1) is 18.1. The number of carboxylic acids is 1. The maximum absolute atomic E-state index is 12.4. The van der Waals surface area contributed by atoms with Gasteiger partial charge in [-0.25, -0.2) is 9.18 Å². The number of ketones is 1. The van der Waals surface area contributed by atoms with Crippen LogP contribution in [0.2, 0.25) is 0 Å². The number of nitrogens with one attached hydrogen (secondary N) is 1. The van der Waals surface area contributed by atoms with Crippen LogP contribution in [-0.2, 0) is 19.1 Å². The molecule has 2 aromatic rings. The van der Waals surface area contributed by atoms with Crippen LogP contribution in [0.1, 0.15) is 6.42 Å². The first-order valence-electron chi connectivity index (χ1n) is 7.25. The number of rotatable bonds is 7. The van der Waals surface area contributed by atoms with Crippen molar-refractivity contribution in [3.63, 3.8) is 0 Å². The number of aromatic nitrogens is 1. The SMILES string of the molecule is O=C(O)CC(NC(=O)COC(=O)n1ccc2ccccc21)C(=O)CF. The molecule has 0 aliphatic carbocycles. The molecular weight excluding hydrogens is 335 g/mol. The number of carbonyl (C=O) groups excluding carboxylic acids is 3. The molecule has 0 spiro atoms. The van der Waals surface area contributed by atoms with Crippen molar-refractivity contribution in [1.82, 2.24) is 9.88 Å². The molecule has 0 fully saturated rings. The summed E-state index contributed by atoms with van der Waals surface area (Å²) in [6, 6.07) is 7.21. The second-order valence-electron chi connectivity index (χ2n) is 5.12. The Morgan fingerprint density at radius 1 is 1.20 bits per heavy atom. The number of carbonyl (C=O) groups is 4. The summed E-state index contributed by atoms with van der Waals surface area (Å²) in [5, 5.41) is 11.5. The zero-order valence-electron chi connectivity index (χ0n) is 13.0. The van der Waals surface area contributed by atoms with Crippen molar-refractivity contribution in [2.45, 2.75) is 12.5 Å². The van der Waals surface area contributed by atoms with Crippen LogP contribution in [0.15, 0.2) is 36.5 Å². The van der Waals surface area contributed by atoms with E-state index in [4.69, 9.17) is 9.84 Å². The fourth-order valence-corrected chi connectivity index (χ4v) is 2.19. The highest BCUT2D eigenvalue weighted by Crippen LogP contribution is 2.15. The molecule has 1 atom stereocenters. The van der Waals surface area contributed by atoms with Gasteiger partial charge in [0.05, 0.1) is 11.9 Å². The second kappa shape index (κ2) is 8.04. The molecule has 25 heavy (non-hydrogen) atoms. The predicted octanol–water partition coefficient (Wildman–Crippen LogP) is 1.12. The number of hydrogen-bond donors (Lipinski definition) is 2. The summed E-state index contributed by atoms with van der Waals surface area (Å²) in [6.07, 6.45) is -0.0990. The number of ether oxygens (including phenoxy) is 1. The summed E-state index contributed by atoms with van der Waals surface area (Å²) >= 11 is 0. The predicted molar refractivity (Wildman–Crippen MR) is 83.8 cm³/mol. The van der Waals surface area contributed by atoms with Crippen molar-refractivity contribution >= 4 is 34.7 Å². The maximum Gasteiger partial charge on any atom is 0.418 e. The molecule has 0 saturated heterocycles. The summed E-state index contributed by atoms with van der Waals surface area (Å²) in [6.45, 7) is -2.14. The van der Waals surface area contributed by atoms with Crippen molar-refractivity contribution < 1.29 is 33.4 Å². The molecule has 1 heterocycles. The Balaban J connectivity index is 1.95. The standard InChI is InChI=1S/C16H15FN2O6/c17-8-13(20)11(7-15(22)23)18-14(21)9-25-16(24)19-6-5-10-3-1-2-4-12(10)19/h1-6,11H,7-9H2,(H,18,21)(H,22,23). The van der Waals surface area contributed by atoms with E-state index in [0.29, 0.717) is 5.52 Å². The van der Waals surface area contributed by atoms with E-state index in [0.717, 1.165) is 5.39 Å². The van der Waals surface area contributed by atoms with Gasteiger partial charge in [-0.3, -0.25) is 19.0 Å². The van der Waals surface area contributed by atoms with Crippen LogP contribution in [0.25, 0.3) is 10.9 Å². The number of amides is 1. The highest BCUT2D eigenvalue weighted by atomic mass is 19.1. The third kappa shape index (κ3) is 4.63. The van der Waals surface area contributed by atoms with Crippen molar-refractivity contribution in [2.75, 3.05) is 13.3 Å². The van der Waals surface area contributed by atoms with Gasteiger partial charge in [0.2, 0.25) is 0 Å². The second-order valence-corrected chi connectivity index (χ2v) is 5.12. The minimum Gasteiger partial charge on any atom is -0.481 e. The molecule has 1 aromatic heterocycles. The summed E-state index contributed by atoms with van der Waals surface area (Å²) in [5.41, 5.74) is 0.587. The largest absolute Gasteiger partial charge is 0.481 e. The van der Waals surface area contributed by atoms with E-state index in [9.17, 15) is 23.6 Å². The van der Waals surface area contributed by atoms with Gasteiger partial charge in [-0.1, -0.05) is 18.2 Å². The van der Waals surface area contributed by atoms with E-state index in [1.807, 2.05) is 5.32 Å². The molecule has 0 aliphatic rings. The number of hydrogen-bond acceptors (Lipinski definition) is 5. The molecule has 132 valence electrons. The number of carboxylic acid groups (broad SMARTS) is 1. The molecule has 9 heteroatoms. The molecule has 2 rings (SSSR count). The lowest BCUT2D eigenvalue weighted by Gasteiger charge is -2.14. The third-order valence-electron chi connectivity index (χ3n) is 3.36. The van der Waals surface area contributed by atoms with E-state index >= 15 is 0 Å². The minimum absolute atomic E-state index is 0.587. The average molecular weight is 350 g/mol. The summed E-state index contributed by atoms with van der Waals surface area (Å²) in [7, 11) is 0. The van der Waals surface area contributed by atoms with Crippen molar-refractivity contribution in [3.8, 4) is 0 Å². The van der Waals surface area contributed by atoms with Crippen LogP contribution in [0, 0.1) is 0 Å². The van der Waals surface area contributed by atoms with E-state index in [1.165, 1.54) is 10.8 Å². The Morgan fingerprint density at radius 3 is 2.60 bits per heavy atom. The van der Waals surface area contributed by atoms with E-state index in [2.05, 4.69) is 0 Å². The molecular formula is C16H15FN2O6. The van der Waals surface area contributed by atoms with Gasteiger partial charge in [0, 0.05) is 11.6 Å². The van der Waals surface area contributed by atoms with E-state index in [1.54, 1.807) is 30.3 Å². The third-order valence-corrected chi connectivity index (χ3v) is 3.36. The number of Topliss-reactive ketones (excluding diaryl/α,β-unsaturated/α-hetero) is 1. The number of aliphatic carboxylic acids is 1.